The summed E-state index contributed by atoms with van der Waals surface area (Å²) in [4.78, 5) is 6.74. The van der Waals surface area contributed by atoms with Gasteiger partial charge in [0.2, 0.25) is 0 Å². The van der Waals surface area contributed by atoms with Crippen LogP contribution in [0.1, 0.15) is 33.6 Å². The molecule has 4 heteroatoms. The Labute approximate surface area is 123 Å². The van der Waals surface area contributed by atoms with Crippen molar-refractivity contribution in [1.29, 1.82) is 0 Å². The van der Waals surface area contributed by atoms with Gasteiger partial charge in [0.05, 0.1) is 5.02 Å². The third-order valence-corrected chi connectivity index (χ3v) is 4.52. The summed E-state index contributed by atoms with van der Waals surface area (Å²) < 4.78 is 0.931. The second-order valence-electron chi connectivity index (χ2n) is 6.09. The van der Waals surface area contributed by atoms with Crippen molar-refractivity contribution in [2.75, 3.05) is 18.0 Å². The van der Waals surface area contributed by atoms with Crippen LogP contribution in [0.2, 0.25) is 5.02 Å². The van der Waals surface area contributed by atoms with Gasteiger partial charge in [0.25, 0.3) is 0 Å². The van der Waals surface area contributed by atoms with Crippen molar-refractivity contribution in [3.63, 3.8) is 0 Å². The first-order valence-electron chi connectivity index (χ1n) is 6.44. The zero-order valence-corrected chi connectivity index (χ0v) is 13.6. The highest BCUT2D eigenvalue weighted by Gasteiger charge is 2.29. The molecule has 0 atom stereocenters. The summed E-state index contributed by atoms with van der Waals surface area (Å²) in [5, 5.41) is 0.735. The van der Waals surface area contributed by atoms with Crippen LogP contribution in [-0.2, 0) is 0 Å². The van der Waals surface area contributed by atoms with Gasteiger partial charge in [0.1, 0.15) is 5.82 Å². The van der Waals surface area contributed by atoms with E-state index in [1.54, 1.807) is 0 Å². The highest BCUT2D eigenvalue weighted by atomic mass is 79.9. The second-order valence-corrected chi connectivity index (χ2v) is 7.41. The number of anilines is 1. The third-order valence-electron chi connectivity index (χ3n) is 3.81. The fourth-order valence-corrected chi connectivity index (χ4v) is 3.35. The molecular weight excluding hydrogens is 312 g/mol. The van der Waals surface area contributed by atoms with Crippen LogP contribution in [0.3, 0.4) is 0 Å². The summed E-state index contributed by atoms with van der Waals surface area (Å²) in [5.41, 5.74) is 0.406. The third kappa shape index (κ3) is 3.18. The van der Waals surface area contributed by atoms with Crippen LogP contribution in [0.5, 0.6) is 0 Å². The zero-order chi connectivity index (χ0) is 13.3. The Morgan fingerprint density at radius 1 is 1.33 bits per heavy atom. The van der Waals surface area contributed by atoms with Crippen LogP contribution in [0.25, 0.3) is 0 Å². The molecule has 0 amide bonds. The Bertz CT molecular complexity index is 420. The standard InChI is InChI=1S/C14H20BrClN2/c1-14(2,3)10-4-6-18(7-5-10)13-12(16)8-11(15)9-17-13/h8-10H,4-7H2,1-3H3. The summed E-state index contributed by atoms with van der Waals surface area (Å²) in [6, 6.07) is 1.92. The summed E-state index contributed by atoms with van der Waals surface area (Å²) in [6.07, 6.45) is 4.26. The first-order valence-corrected chi connectivity index (χ1v) is 7.61. The molecule has 1 aromatic heterocycles. The predicted octanol–water partition coefficient (Wildman–Crippen LogP) is 4.76. The fourth-order valence-electron chi connectivity index (χ4n) is 2.60. The molecule has 0 unspecified atom stereocenters. The molecular formula is C14H20BrClN2. The molecule has 1 saturated heterocycles. The summed E-state index contributed by atoms with van der Waals surface area (Å²) >= 11 is 9.65. The Morgan fingerprint density at radius 3 is 2.44 bits per heavy atom. The Balaban J connectivity index is 2.06. The average Bonchev–Trinajstić information content (AvgIpc) is 2.28. The van der Waals surface area contributed by atoms with E-state index in [1.165, 1.54) is 12.8 Å². The SMILES string of the molecule is CC(C)(C)C1CCN(c2ncc(Br)cc2Cl)CC1. The van der Waals surface area contributed by atoms with E-state index in [4.69, 9.17) is 11.6 Å². The summed E-state index contributed by atoms with van der Waals surface area (Å²) in [5.74, 6) is 1.72. The molecule has 100 valence electrons. The lowest BCUT2D eigenvalue weighted by atomic mass is 9.75. The van der Waals surface area contributed by atoms with Crippen LogP contribution in [-0.4, -0.2) is 18.1 Å². The highest BCUT2D eigenvalue weighted by molar-refractivity contribution is 9.10. The van der Waals surface area contributed by atoms with E-state index in [9.17, 15) is 0 Å². The number of pyridine rings is 1. The maximum absolute atomic E-state index is 6.25. The summed E-state index contributed by atoms with van der Waals surface area (Å²) in [7, 11) is 0. The van der Waals surface area contributed by atoms with Gasteiger partial charge < -0.3 is 4.90 Å². The van der Waals surface area contributed by atoms with Crippen molar-refractivity contribution < 1.29 is 0 Å². The first kappa shape index (κ1) is 14.1. The molecule has 2 rings (SSSR count). The monoisotopic (exact) mass is 330 g/mol. The molecule has 0 bridgehead atoms. The van der Waals surface area contributed by atoms with Gasteiger partial charge >= 0.3 is 0 Å². The van der Waals surface area contributed by atoms with Crippen LogP contribution in [0.4, 0.5) is 5.82 Å². The number of nitrogens with zero attached hydrogens (tertiary/aromatic N) is 2. The maximum atomic E-state index is 6.25. The lowest BCUT2D eigenvalue weighted by Gasteiger charge is -2.39. The molecule has 1 aromatic rings. The minimum Gasteiger partial charge on any atom is -0.355 e. The van der Waals surface area contributed by atoms with E-state index in [0.717, 1.165) is 34.3 Å². The van der Waals surface area contributed by atoms with Crippen LogP contribution >= 0.6 is 27.5 Å². The van der Waals surface area contributed by atoms with Gasteiger partial charge in [-0.1, -0.05) is 32.4 Å². The lowest BCUT2D eigenvalue weighted by Crippen LogP contribution is -2.38. The van der Waals surface area contributed by atoms with E-state index in [-0.39, 0.29) is 0 Å². The van der Waals surface area contributed by atoms with E-state index in [0.29, 0.717) is 5.41 Å². The molecule has 0 spiro atoms. The quantitative estimate of drug-likeness (QED) is 0.737. The average molecular weight is 332 g/mol. The van der Waals surface area contributed by atoms with E-state index in [2.05, 4.69) is 46.6 Å². The minimum absolute atomic E-state index is 0.406. The zero-order valence-electron chi connectivity index (χ0n) is 11.2. The number of aromatic nitrogens is 1. The molecule has 0 aliphatic carbocycles. The molecule has 0 radical (unpaired) electrons. The minimum atomic E-state index is 0.406. The van der Waals surface area contributed by atoms with Gasteiger partial charge in [0, 0.05) is 23.8 Å². The molecule has 0 aromatic carbocycles. The van der Waals surface area contributed by atoms with Gasteiger partial charge in [0.15, 0.2) is 0 Å². The van der Waals surface area contributed by atoms with E-state index in [1.807, 2.05) is 12.3 Å². The number of hydrogen-bond donors (Lipinski definition) is 0. The van der Waals surface area contributed by atoms with Crippen molar-refractivity contribution in [3.8, 4) is 0 Å². The van der Waals surface area contributed by atoms with Crippen LogP contribution in [0.15, 0.2) is 16.7 Å². The van der Waals surface area contributed by atoms with Crippen molar-refractivity contribution in [2.24, 2.45) is 11.3 Å². The van der Waals surface area contributed by atoms with Crippen molar-refractivity contribution in [1.82, 2.24) is 4.98 Å². The maximum Gasteiger partial charge on any atom is 0.147 e. The van der Waals surface area contributed by atoms with Gasteiger partial charge in [-0.25, -0.2) is 4.98 Å². The number of piperidine rings is 1. The first-order chi connectivity index (χ1) is 8.38. The smallest absolute Gasteiger partial charge is 0.147 e. The Morgan fingerprint density at radius 2 is 1.94 bits per heavy atom. The van der Waals surface area contributed by atoms with Crippen LogP contribution in [0, 0.1) is 11.3 Å². The molecule has 0 saturated carbocycles. The van der Waals surface area contributed by atoms with E-state index < -0.39 is 0 Å². The Kier molecular flexibility index (Phi) is 4.22. The van der Waals surface area contributed by atoms with Crippen LogP contribution < -0.4 is 4.90 Å². The molecule has 2 heterocycles. The fraction of sp³-hybridized carbons (Fsp3) is 0.643. The Hall–Kier alpha value is -0.280. The largest absolute Gasteiger partial charge is 0.355 e. The predicted molar refractivity (Wildman–Crippen MR) is 81.3 cm³/mol. The van der Waals surface area contributed by atoms with Gasteiger partial charge in [-0.05, 0) is 46.2 Å². The molecule has 1 aliphatic heterocycles. The van der Waals surface area contributed by atoms with Crippen molar-refractivity contribution in [3.05, 3.63) is 21.8 Å². The number of hydrogen-bond acceptors (Lipinski definition) is 2. The number of rotatable bonds is 1. The molecule has 2 nitrogen and oxygen atoms in total. The van der Waals surface area contributed by atoms with Gasteiger partial charge in [-0.3, -0.25) is 0 Å². The lowest BCUT2D eigenvalue weighted by molar-refractivity contribution is 0.198. The topological polar surface area (TPSA) is 16.1 Å². The normalized spacial score (nSPS) is 18.2. The molecule has 0 N–H and O–H groups in total. The van der Waals surface area contributed by atoms with Crippen molar-refractivity contribution >= 4 is 33.3 Å². The second kappa shape index (κ2) is 5.38. The van der Waals surface area contributed by atoms with Crippen molar-refractivity contribution in [2.45, 2.75) is 33.6 Å². The van der Waals surface area contributed by atoms with E-state index >= 15 is 0 Å². The van der Waals surface area contributed by atoms with Gasteiger partial charge in [-0.2, -0.15) is 0 Å². The summed E-state index contributed by atoms with van der Waals surface area (Å²) in [6.45, 7) is 9.10. The molecule has 1 aliphatic rings. The van der Waals surface area contributed by atoms with Gasteiger partial charge in [-0.15, -0.1) is 0 Å². The molecule has 18 heavy (non-hydrogen) atoms. The molecule has 1 fully saturated rings. The highest BCUT2D eigenvalue weighted by Crippen LogP contribution is 2.36. The number of halogens is 2.